The van der Waals surface area contributed by atoms with Gasteiger partial charge < -0.3 is 5.11 Å². The number of aryl methyl sites for hydroxylation is 1. The van der Waals surface area contributed by atoms with Gasteiger partial charge in [-0.15, -0.1) is 0 Å². The molecule has 1 aromatic heterocycles. The summed E-state index contributed by atoms with van der Waals surface area (Å²) in [6.07, 6.45) is 3.61. The Morgan fingerprint density at radius 3 is 2.50 bits per heavy atom. The highest BCUT2D eigenvalue weighted by molar-refractivity contribution is 7.93. The van der Waals surface area contributed by atoms with Crippen LogP contribution in [0.2, 0.25) is 0 Å². The van der Waals surface area contributed by atoms with Crippen LogP contribution in [0, 0.1) is 6.92 Å². The third kappa shape index (κ3) is 1.61. The van der Waals surface area contributed by atoms with Gasteiger partial charge in [0.25, 0.3) is 0 Å². The van der Waals surface area contributed by atoms with E-state index in [2.05, 4.69) is 4.98 Å². The van der Waals surface area contributed by atoms with Crippen LogP contribution in [0.3, 0.4) is 0 Å². The van der Waals surface area contributed by atoms with Crippen molar-refractivity contribution in [3.63, 3.8) is 0 Å². The maximum absolute atomic E-state index is 12.0. The van der Waals surface area contributed by atoms with Crippen LogP contribution in [0.5, 0.6) is 0 Å². The first-order valence-corrected chi connectivity index (χ1v) is 7.92. The van der Waals surface area contributed by atoms with Crippen molar-refractivity contribution >= 4 is 9.84 Å². The molecule has 0 aromatic carbocycles. The first-order chi connectivity index (χ1) is 8.43. The molecule has 1 aromatic rings. The van der Waals surface area contributed by atoms with Crippen LogP contribution >= 0.6 is 0 Å². The Morgan fingerprint density at radius 1 is 1.33 bits per heavy atom. The molecule has 2 aliphatic rings. The van der Waals surface area contributed by atoms with Gasteiger partial charge >= 0.3 is 0 Å². The molecule has 98 valence electrons. The Labute approximate surface area is 107 Å². The third-order valence-electron chi connectivity index (χ3n) is 4.32. The van der Waals surface area contributed by atoms with Gasteiger partial charge in [-0.1, -0.05) is 6.07 Å². The molecule has 0 radical (unpaired) electrons. The maximum atomic E-state index is 12.0. The Hall–Kier alpha value is -0.940. The zero-order chi connectivity index (χ0) is 13.0. The number of hydrogen-bond donors (Lipinski definition) is 1. The molecular weight excluding hydrogens is 250 g/mol. The topological polar surface area (TPSA) is 67.3 Å². The lowest BCUT2D eigenvalue weighted by Gasteiger charge is -2.36. The van der Waals surface area contributed by atoms with E-state index >= 15 is 0 Å². The summed E-state index contributed by atoms with van der Waals surface area (Å²) in [5.74, 6) is 0. The third-order valence-corrected chi connectivity index (χ3v) is 6.98. The summed E-state index contributed by atoms with van der Waals surface area (Å²) >= 11 is 0. The van der Waals surface area contributed by atoms with Gasteiger partial charge in [-0.2, -0.15) is 0 Å². The number of hydrogen-bond acceptors (Lipinski definition) is 4. The number of sulfone groups is 1. The number of fused-ring (bicyclic) bond motifs is 2. The number of pyridine rings is 1. The normalized spacial score (nSPS) is 37.7. The van der Waals surface area contributed by atoms with Crippen molar-refractivity contribution in [3.8, 4) is 0 Å². The van der Waals surface area contributed by atoms with Gasteiger partial charge in [-0.3, -0.25) is 4.98 Å². The summed E-state index contributed by atoms with van der Waals surface area (Å²) in [5.41, 5.74) is 0.512. The van der Waals surface area contributed by atoms with Crippen molar-refractivity contribution in [2.45, 2.75) is 48.7 Å². The molecule has 5 heteroatoms. The van der Waals surface area contributed by atoms with E-state index in [4.69, 9.17) is 0 Å². The number of aromatic nitrogens is 1. The second-order valence-electron chi connectivity index (χ2n) is 5.52. The van der Waals surface area contributed by atoms with E-state index in [1.54, 1.807) is 6.20 Å². The highest BCUT2D eigenvalue weighted by Gasteiger charge is 2.53. The molecule has 2 saturated heterocycles. The molecule has 2 fully saturated rings. The molecule has 1 N–H and O–H groups in total. The molecule has 0 saturated carbocycles. The van der Waals surface area contributed by atoms with Gasteiger partial charge in [-0.25, -0.2) is 8.42 Å². The molecule has 0 amide bonds. The number of aliphatic hydroxyl groups is 1. The van der Waals surface area contributed by atoms with Crippen LogP contribution in [0.15, 0.2) is 18.3 Å². The number of nitrogens with zero attached hydrogens (tertiary/aromatic N) is 1. The largest absolute Gasteiger partial charge is 0.383 e. The summed E-state index contributed by atoms with van der Waals surface area (Å²) in [7, 11) is -3.01. The summed E-state index contributed by atoms with van der Waals surface area (Å²) in [5, 5.41) is 10.0. The average molecular weight is 267 g/mol. The summed E-state index contributed by atoms with van der Waals surface area (Å²) in [6.45, 7) is 1.91. The van der Waals surface area contributed by atoms with Crippen molar-refractivity contribution < 1.29 is 13.5 Å². The summed E-state index contributed by atoms with van der Waals surface area (Å²) < 4.78 is 24.1. The molecule has 2 bridgehead atoms. The Kier molecular flexibility index (Phi) is 2.54. The first-order valence-electron chi connectivity index (χ1n) is 6.31. The zero-order valence-corrected chi connectivity index (χ0v) is 11.2. The van der Waals surface area contributed by atoms with E-state index in [-0.39, 0.29) is 10.5 Å². The molecule has 0 aliphatic carbocycles. The van der Waals surface area contributed by atoms with Crippen LogP contribution in [-0.4, -0.2) is 29.0 Å². The standard InChI is InChI=1S/C13H17NO3S/c1-9-3-2-6-14-12(9)13(15)7-10-4-5-11(8-13)18(10,16)17/h2-3,6,10-11,15H,4-5,7-8H2,1H3. The van der Waals surface area contributed by atoms with Gasteiger partial charge in [-0.05, 0) is 44.2 Å². The van der Waals surface area contributed by atoms with E-state index in [1.807, 2.05) is 19.1 Å². The molecule has 3 heterocycles. The maximum Gasteiger partial charge on any atom is 0.156 e. The second kappa shape index (κ2) is 3.78. The van der Waals surface area contributed by atoms with Crippen LogP contribution < -0.4 is 0 Å². The van der Waals surface area contributed by atoms with Crippen molar-refractivity contribution in [2.24, 2.45) is 0 Å². The van der Waals surface area contributed by atoms with E-state index in [9.17, 15) is 13.5 Å². The van der Waals surface area contributed by atoms with E-state index < -0.39 is 15.4 Å². The first kappa shape index (κ1) is 12.1. The van der Waals surface area contributed by atoms with Gasteiger partial charge in [0.2, 0.25) is 0 Å². The van der Waals surface area contributed by atoms with Gasteiger partial charge in [0.15, 0.2) is 9.84 Å². The highest BCUT2D eigenvalue weighted by atomic mass is 32.2. The fourth-order valence-electron chi connectivity index (χ4n) is 3.41. The van der Waals surface area contributed by atoms with Crippen LogP contribution in [-0.2, 0) is 15.4 Å². The fraction of sp³-hybridized carbons (Fsp3) is 0.615. The minimum absolute atomic E-state index is 0.295. The van der Waals surface area contributed by atoms with Crippen molar-refractivity contribution in [1.29, 1.82) is 0 Å². The molecule has 18 heavy (non-hydrogen) atoms. The summed E-state index contributed by atoms with van der Waals surface area (Å²) in [6, 6.07) is 3.74. The predicted molar refractivity (Wildman–Crippen MR) is 67.8 cm³/mol. The van der Waals surface area contributed by atoms with Gasteiger partial charge in [0, 0.05) is 6.20 Å². The van der Waals surface area contributed by atoms with Crippen molar-refractivity contribution in [3.05, 3.63) is 29.6 Å². The molecule has 0 spiro atoms. The van der Waals surface area contributed by atoms with E-state index in [0.717, 1.165) is 5.56 Å². The second-order valence-corrected chi connectivity index (χ2v) is 8.03. The SMILES string of the molecule is Cc1cccnc1C1(O)CC2CCC(C1)S2(=O)=O. The average Bonchev–Trinajstić information content (AvgIpc) is 2.51. The van der Waals surface area contributed by atoms with Gasteiger partial charge in [0.05, 0.1) is 16.2 Å². The lowest BCUT2D eigenvalue weighted by Crippen LogP contribution is -2.43. The molecular formula is C13H17NO3S. The van der Waals surface area contributed by atoms with E-state index in [1.165, 1.54) is 0 Å². The highest BCUT2D eigenvalue weighted by Crippen LogP contribution is 2.47. The Balaban J connectivity index is 2.03. The fourth-order valence-corrected chi connectivity index (χ4v) is 5.90. The van der Waals surface area contributed by atoms with Crippen molar-refractivity contribution in [1.82, 2.24) is 4.98 Å². The molecule has 3 rings (SSSR count). The smallest absolute Gasteiger partial charge is 0.156 e. The summed E-state index contributed by atoms with van der Waals surface area (Å²) in [4.78, 5) is 4.27. The Morgan fingerprint density at radius 2 is 1.94 bits per heavy atom. The number of rotatable bonds is 1. The van der Waals surface area contributed by atoms with Gasteiger partial charge in [0.1, 0.15) is 5.60 Å². The minimum Gasteiger partial charge on any atom is -0.383 e. The minimum atomic E-state index is -3.01. The molecule has 2 unspecified atom stereocenters. The quantitative estimate of drug-likeness (QED) is 0.833. The van der Waals surface area contributed by atoms with Crippen LogP contribution in [0.4, 0.5) is 0 Å². The lowest BCUT2D eigenvalue weighted by atomic mass is 9.87. The molecule has 2 atom stereocenters. The van der Waals surface area contributed by atoms with E-state index in [0.29, 0.717) is 31.4 Å². The zero-order valence-electron chi connectivity index (χ0n) is 10.3. The van der Waals surface area contributed by atoms with Crippen LogP contribution in [0.25, 0.3) is 0 Å². The molecule has 4 nitrogen and oxygen atoms in total. The van der Waals surface area contributed by atoms with Crippen molar-refractivity contribution in [2.75, 3.05) is 0 Å². The predicted octanol–water partition coefficient (Wildman–Crippen LogP) is 1.32. The lowest BCUT2D eigenvalue weighted by molar-refractivity contribution is 0.0124. The molecule has 2 aliphatic heterocycles. The monoisotopic (exact) mass is 267 g/mol. The van der Waals surface area contributed by atoms with Crippen LogP contribution in [0.1, 0.15) is 36.9 Å². The Bertz CT molecular complexity index is 562.